The maximum atomic E-state index is 11.6. The van der Waals surface area contributed by atoms with Crippen LogP contribution in [0.2, 0.25) is 0 Å². The summed E-state index contributed by atoms with van der Waals surface area (Å²) in [5.41, 5.74) is 2.95. The van der Waals surface area contributed by atoms with Crippen molar-refractivity contribution in [1.29, 1.82) is 0 Å². The number of hydrogen-bond acceptors (Lipinski definition) is 2. The van der Waals surface area contributed by atoms with Crippen molar-refractivity contribution in [2.24, 2.45) is 0 Å². The Balaban J connectivity index is 2.46. The van der Waals surface area contributed by atoms with E-state index in [0.29, 0.717) is 5.56 Å². The number of unbranched alkanes of at least 4 members (excludes halogenated alkanes) is 1. The second-order valence-corrected chi connectivity index (χ2v) is 4.17. The third-order valence-electron chi connectivity index (χ3n) is 2.96. The van der Waals surface area contributed by atoms with Gasteiger partial charge in [0.1, 0.15) is 0 Å². The van der Waals surface area contributed by atoms with Crippen LogP contribution in [0.5, 0.6) is 0 Å². The number of nitrogens with one attached hydrogen (secondary N) is 1. The molecule has 1 N–H and O–H groups in total. The number of aryl methyl sites for hydroxylation is 1. The lowest BCUT2D eigenvalue weighted by Gasteiger charge is -2.06. The first kappa shape index (κ1) is 11.7. The van der Waals surface area contributed by atoms with Gasteiger partial charge in [-0.3, -0.25) is 0 Å². The molecule has 0 amide bonds. The van der Waals surface area contributed by atoms with Gasteiger partial charge >= 0.3 is 5.97 Å². The Morgan fingerprint density at radius 2 is 2.24 bits per heavy atom. The van der Waals surface area contributed by atoms with Gasteiger partial charge < -0.3 is 9.72 Å². The van der Waals surface area contributed by atoms with Crippen LogP contribution in [-0.4, -0.2) is 18.1 Å². The average Bonchev–Trinajstić information content (AvgIpc) is 2.82. The van der Waals surface area contributed by atoms with Gasteiger partial charge in [0, 0.05) is 17.1 Å². The minimum atomic E-state index is -0.272. The van der Waals surface area contributed by atoms with E-state index in [9.17, 15) is 4.79 Å². The van der Waals surface area contributed by atoms with Gasteiger partial charge in [0.05, 0.1) is 12.7 Å². The van der Waals surface area contributed by atoms with Crippen molar-refractivity contribution in [1.82, 2.24) is 4.98 Å². The minimum Gasteiger partial charge on any atom is -0.465 e. The lowest BCUT2D eigenvalue weighted by Crippen LogP contribution is -2.02. The molecule has 1 aromatic carbocycles. The molecule has 3 nitrogen and oxygen atoms in total. The molecule has 0 bridgehead atoms. The highest BCUT2D eigenvalue weighted by Gasteiger charge is 2.10. The molecule has 17 heavy (non-hydrogen) atoms. The molecule has 1 heterocycles. The molecule has 0 saturated heterocycles. The summed E-state index contributed by atoms with van der Waals surface area (Å²) < 4.78 is 4.77. The number of methoxy groups -OCH3 is 1. The maximum Gasteiger partial charge on any atom is 0.337 e. The second-order valence-electron chi connectivity index (χ2n) is 4.17. The average molecular weight is 231 g/mol. The molecule has 0 aliphatic heterocycles. The van der Waals surface area contributed by atoms with Crippen molar-refractivity contribution in [3.8, 4) is 0 Å². The van der Waals surface area contributed by atoms with Gasteiger partial charge in [-0.05, 0) is 36.6 Å². The summed E-state index contributed by atoms with van der Waals surface area (Å²) in [6, 6.07) is 5.78. The molecule has 0 unspecified atom stereocenters. The summed E-state index contributed by atoms with van der Waals surface area (Å²) in [4.78, 5) is 14.8. The molecule has 90 valence electrons. The van der Waals surface area contributed by atoms with Crippen LogP contribution in [-0.2, 0) is 11.2 Å². The SMILES string of the molecule is CCCCc1cc(C(=O)OC)cc2cc[nH]c12. The van der Waals surface area contributed by atoms with E-state index in [1.807, 2.05) is 24.4 Å². The molecular formula is C14H17NO2. The quantitative estimate of drug-likeness (QED) is 0.820. The van der Waals surface area contributed by atoms with Gasteiger partial charge in [-0.2, -0.15) is 0 Å². The van der Waals surface area contributed by atoms with Crippen LogP contribution in [0.3, 0.4) is 0 Å². The molecule has 3 heteroatoms. The second kappa shape index (κ2) is 5.04. The number of H-pyrrole nitrogens is 1. The first-order valence-electron chi connectivity index (χ1n) is 5.94. The number of carbonyl (C=O) groups is 1. The summed E-state index contributed by atoms with van der Waals surface area (Å²) in [6.07, 6.45) is 5.16. The fourth-order valence-corrected chi connectivity index (χ4v) is 2.05. The Labute approximate surface area is 101 Å². The summed E-state index contributed by atoms with van der Waals surface area (Å²) in [6.45, 7) is 2.16. The van der Waals surface area contributed by atoms with Crippen LogP contribution < -0.4 is 0 Å². The molecule has 0 aliphatic rings. The number of esters is 1. The molecule has 2 rings (SSSR count). The number of benzene rings is 1. The van der Waals surface area contributed by atoms with Gasteiger partial charge in [0.2, 0.25) is 0 Å². The van der Waals surface area contributed by atoms with Crippen LogP contribution in [0.4, 0.5) is 0 Å². The van der Waals surface area contributed by atoms with Gasteiger partial charge in [-0.25, -0.2) is 4.79 Å². The zero-order valence-corrected chi connectivity index (χ0v) is 10.2. The van der Waals surface area contributed by atoms with E-state index in [0.717, 1.165) is 30.2 Å². The Bertz CT molecular complexity index is 528. The number of aromatic nitrogens is 1. The molecule has 2 aromatic rings. The highest BCUT2D eigenvalue weighted by molar-refractivity contribution is 5.95. The smallest absolute Gasteiger partial charge is 0.337 e. The van der Waals surface area contributed by atoms with Crippen molar-refractivity contribution >= 4 is 16.9 Å². The van der Waals surface area contributed by atoms with Crippen molar-refractivity contribution in [2.45, 2.75) is 26.2 Å². The van der Waals surface area contributed by atoms with Crippen molar-refractivity contribution < 1.29 is 9.53 Å². The Morgan fingerprint density at radius 1 is 1.41 bits per heavy atom. The van der Waals surface area contributed by atoms with E-state index >= 15 is 0 Å². The molecule has 0 fully saturated rings. The lowest BCUT2D eigenvalue weighted by atomic mass is 10.0. The van der Waals surface area contributed by atoms with E-state index in [2.05, 4.69) is 11.9 Å². The van der Waals surface area contributed by atoms with E-state index in [-0.39, 0.29) is 5.97 Å². The minimum absolute atomic E-state index is 0.272. The van der Waals surface area contributed by atoms with Gasteiger partial charge in [0.15, 0.2) is 0 Å². The van der Waals surface area contributed by atoms with E-state index in [1.54, 1.807) is 0 Å². The van der Waals surface area contributed by atoms with Gasteiger partial charge in [-0.1, -0.05) is 13.3 Å². The Morgan fingerprint density at radius 3 is 2.94 bits per heavy atom. The standard InChI is InChI=1S/C14H17NO2/c1-3-4-5-10-8-12(14(16)17-2)9-11-6-7-15-13(10)11/h6-9,15H,3-5H2,1-2H3. The summed E-state index contributed by atoms with van der Waals surface area (Å²) in [7, 11) is 1.41. The van der Waals surface area contributed by atoms with Gasteiger partial charge in [-0.15, -0.1) is 0 Å². The normalized spacial score (nSPS) is 10.7. The highest BCUT2D eigenvalue weighted by atomic mass is 16.5. The third kappa shape index (κ3) is 2.33. The molecule has 0 radical (unpaired) electrons. The fourth-order valence-electron chi connectivity index (χ4n) is 2.05. The number of ether oxygens (including phenoxy) is 1. The number of rotatable bonds is 4. The predicted molar refractivity (Wildman–Crippen MR) is 68.3 cm³/mol. The topological polar surface area (TPSA) is 42.1 Å². The molecule has 0 aliphatic carbocycles. The van der Waals surface area contributed by atoms with Crippen molar-refractivity contribution in [3.05, 3.63) is 35.5 Å². The lowest BCUT2D eigenvalue weighted by molar-refractivity contribution is 0.0601. The maximum absolute atomic E-state index is 11.6. The van der Waals surface area contributed by atoms with E-state index in [4.69, 9.17) is 4.74 Å². The van der Waals surface area contributed by atoms with Crippen molar-refractivity contribution in [3.63, 3.8) is 0 Å². The number of hydrogen-bond donors (Lipinski definition) is 1. The van der Waals surface area contributed by atoms with E-state index in [1.165, 1.54) is 12.7 Å². The Hall–Kier alpha value is -1.77. The van der Waals surface area contributed by atoms with E-state index < -0.39 is 0 Å². The third-order valence-corrected chi connectivity index (χ3v) is 2.96. The van der Waals surface area contributed by atoms with Crippen LogP contribution in [0.25, 0.3) is 10.9 Å². The molecule has 1 aromatic heterocycles. The van der Waals surface area contributed by atoms with Crippen LogP contribution in [0.1, 0.15) is 35.7 Å². The summed E-state index contributed by atoms with van der Waals surface area (Å²) in [5.74, 6) is -0.272. The fraction of sp³-hybridized carbons (Fsp3) is 0.357. The number of aromatic amines is 1. The Kier molecular flexibility index (Phi) is 3.47. The molecule has 0 atom stereocenters. The highest BCUT2D eigenvalue weighted by Crippen LogP contribution is 2.22. The number of fused-ring (bicyclic) bond motifs is 1. The summed E-state index contributed by atoms with van der Waals surface area (Å²) >= 11 is 0. The largest absolute Gasteiger partial charge is 0.465 e. The first-order valence-corrected chi connectivity index (χ1v) is 5.94. The van der Waals surface area contributed by atoms with Crippen LogP contribution >= 0.6 is 0 Å². The summed E-state index contributed by atoms with van der Waals surface area (Å²) in [5, 5.41) is 1.07. The van der Waals surface area contributed by atoms with Crippen LogP contribution in [0, 0.1) is 0 Å². The first-order chi connectivity index (χ1) is 8.26. The van der Waals surface area contributed by atoms with Gasteiger partial charge in [0.25, 0.3) is 0 Å². The monoisotopic (exact) mass is 231 g/mol. The van der Waals surface area contributed by atoms with Crippen molar-refractivity contribution in [2.75, 3.05) is 7.11 Å². The molecular weight excluding hydrogens is 214 g/mol. The zero-order valence-electron chi connectivity index (χ0n) is 10.2. The predicted octanol–water partition coefficient (Wildman–Crippen LogP) is 3.30. The molecule has 0 saturated carbocycles. The van der Waals surface area contributed by atoms with Crippen LogP contribution in [0.15, 0.2) is 24.4 Å². The number of carbonyl (C=O) groups excluding carboxylic acids is 1. The zero-order chi connectivity index (χ0) is 12.3. The molecule has 0 spiro atoms.